The summed E-state index contributed by atoms with van der Waals surface area (Å²) in [4.78, 5) is 101. The Morgan fingerprint density at radius 2 is 1.30 bits per heavy atom. The van der Waals surface area contributed by atoms with Gasteiger partial charge >= 0.3 is 30.0 Å². The maximum Gasteiger partial charge on any atom is 0.408 e. The molecule has 350 valence electrons. The summed E-state index contributed by atoms with van der Waals surface area (Å²) in [5.74, 6) is -4.25. The molecule has 3 amide bonds. The van der Waals surface area contributed by atoms with Crippen LogP contribution in [0.25, 0.3) is 0 Å². The zero-order valence-electron chi connectivity index (χ0n) is 37.5. The van der Waals surface area contributed by atoms with Gasteiger partial charge in [0.2, 0.25) is 5.91 Å². The van der Waals surface area contributed by atoms with Gasteiger partial charge in [0.05, 0.1) is 32.8 Å². The second kappa shape index (κ2) is 27.4. The first-order valence-corrected chi connectivity index (χ1v) is 20.7. The van der Waals surface area contributed by atoms with Crippen LogP contribution in [0.2, 0.25) is 0 Å². The number of benzene rings is 1. The molecule has 0 fully saturated rings. The molecular formula is C43H65N7O13. The van der Waals surface area contributed by atoms with Crippen LogP contribution >= 0.6 is 0 Å². The van der Waals surface area contributed by atoms with Crippen LogP contribution < -0.4 is 16.1 Å². The van der Waals surface area contributed by atoms with Crippen LogP contribution in [0.3, 0.4) is 0 Å². The summed E-state index contributed by atoms with van der Waals surface area (Å²) in [7, 11) is 0. The van der Waals surface area contributed by atoms with Crippen molar-refractivity contribution < 1.29 is 62.8 Å². The number of hydroxylamine groups is 1. The second-order valence-corrected chi connectivity index (χ2v) is 16.7. The van der Waals surface area contributed by atoms with E-state index in [1.54, 1.807) is 100 Å². The van der Waals surface area contributed by atoms with Crippen molar-refractivity contribution in [1.29, 1.82) is 0 Å². The zero-order valence-corrected chi connectivity index (χ0v) is 37.5. The molecule has 1 aromatic heterocycles. The van der Waals surface area contributed by atoms with E-state index >= 15 is 0 Å². The first kappa shape index (κ1) is 53.4. The number of carboxylic acid groups (broad SMARTS) is 2. The van der Waals surface area contributed by atoms with Gasteiger partial charge in [-0.25, -0.2) is 10.3 Å². The Bertz CT molecular complexity index is 1750. The monoisotopic (exact) mass is 887 g/mol. The highest BCUT2D eigenvalue weighted by Gasteiger charge is 2.26. The number of nitrogens with zero attached hydrogens (tertiary/aromatic N) is 4. The number of carbonyl (C=O) groups is 7. The highest BCUT2D eigenvalue weighted by Crippen LogP contribution is 2.11. The SMILES string of the molecule is CCCC(=O)OCCN(CCN(CCN(CC(=O)O)CC(=O)O)CC(=O)NCc1ccc(CONC(=O)[C@@H](Cc2cccnc2)NC(=O)OC(C)(C)C)cc1)CC(=O)OC(C)(C)C. The number of nitrogens with one attached hydrogen (secondary N) is 3. The molecule has 5 N–H and O–H groups in total. The van der Waals surface area contributed by atoms with Crippen LogP contribution in [-0.2, 0) is 67.4 Å². The third-order valence-electron chi connectivity index (χ3n) is 8.54. The number of rotatable bonds is 28. The van der Waals surface area contributed by atoms with E-state index in [-0.39, 0.29) is 90.3 Å². The van der Waals surface area contributed by atoms with Gasteiger partial charge in [0.1, 0.15) is 23.9 Å². The number of amides is 3. The Morgan fingerprint density at radius 1 is 0.714 bits per heavy atom. The summed E-state index contributed by atoms with van der Waals surface area (Å²) >= 11 is 0. The molecule has 20 heteroatoms. The predicted octanol–water partition coefficient (Wildman–Crippen LogP) is 2.14. The number of hydrogen-bond donors (Lipinski definition) is 5. The fourth-order valence-corrected chi connectivity index (χ4v) is 5.71. The molecule has 0 saturated carbocycles. The maximum absolute atomic E-state index is 13.3. The van der Waals surface area contributed by atoms with Crippen LogP contribution in [0.4, 0.5) is 4.79 Å². The zero-order chi connectivity index (χ0) is 47.0. The Morgan fingerprint density at radius 3 is 1.86 bits per heavy atom. The molecule has 20 nitrogen and oxygen atoms in total. The normalized spacial score (nSPS) is 12.1. The van der Waals surface area contributed by atoms with Crippen molar-refractivity contribution in [3.8, 4) is 0 Å². The summed E-state index contributed by atoms with van der Waals surface area (Å²) < 4.78 is 16.1. The van der Waals surface area contributed by atoms with Crippen molar-refractivity contribution in [2.24, 2.45) is 0 Å². The van der Waals surface area contributed by atoms with Crippen molar-refractivity contribution >= 4 is 41.8 Å². The molecule has 0 bridgehead atoms. The Balaban J connectivity index is 2.06. The summed E-state index contributed by atoms with van der Waals surface area (Å²) in [5.41, 5.74) is 3.03. The summed E-state index contributed by atoms with van der Waals surface area (Å²) in [6, 6.07) is 9.52. The number of hydrogen-bond acceptors (Lipinski definition) is 15. The van der Waals surface area contributed by atoms with Gasteiger partial charge in [-0.1, -0.05) is 37.3 Å². The van der Waals surface area contributed by atoms with Crippen molar-refractivity contribution in [1.82, 2.24) is 35.8 Å². The second-order valence-electron chi connectivity index (χ2n) is 16.7. The van der Waals surface area contributed by atoms with E-state index in [1.807, 2.05) is 6.92 Å². The number of aromatic nitrogens is 1. The molecule has 1 atom stereocenters. The molecule has 0 saturated heterocycles. The van der Waals surface area contributed by atoms with E-state index in [0.29, 0.717) is 17.5 Å². The minimum absolute atomic E-state index is 0.00766. The molecular weight excluding hydrogens is 823 g/mol. The van der Waals surface area contributed by atoms with Crippen LogP contribution in [0.5, 0.6) is 0 Å². The van der Waals surface area contributed by atoms with E-state index in [9.17, 15) is 43.8 Å². The fraction of sp³-hybridized carbons (Fsp3) is 0.581. The third kappa shape index (κ3) is 25.7. The lowest BCUT2D eigenvalue weighted by molar-refractivity contribution is -0.156. The number of aliphatic carboxylic acids is 2. The van der Waals surface area contributed by atoms with E-state index < -0.39 is 60.2 Å². The minimum Gasteiger partial charge on any atom is -0.480 e. The van der Waals surface area contributed by atoms with Gasteiger partial charge in [-0.15, -0.1) is 0 Å². The molecule has 0 aliphatic heterocycles. The molecule has 1 heterocycles. The minimum atomic E-state index is -1.21. The Hall–Kier alpha value is -5.70. The average molecular weight is 888 g/mol. The van der Waals surface area contributed by atoms with Gasteiger partial charge in [0, 0.05) is 64.5 Å². The van der Waals surface area contributed by atoms with Gasteiger partial charge in [-0.2, -0.15) is 0 Å². The van der Waals surface area contributed by atoms with E-state index in [4.69, 9.17) is 19.0 Å². The molecule has 0 aliphatic rings. The van der Waals surface area contributed by atoms with Gasteiger partial charge in [0.25, 0.3) is 5.91 Å². The van der Waals surface area contributed by atoms with Gasteiger partial charge < -0.3 is 35.1 Å². The van der Waals surface area contributed by atoms with Gasteiger partial charge in [-0.05, 0) is 70.7 Å². The standard InChI is InChI=1S/C43H65N7O13/c1-8-10-38(56)60-22-21-49(29-39(57)62-42(2,3)4)18-17-48(19-20-50(27-36(52)53)28-37(54)55)26-35(51)45-25-31-12-14-32(15-13-31)30-61-47-40(58)34(23-33-11-9-16-44-24-33)46-41(59)63-43(5,6)7/h9,11-16,24,34H,8,10,17-23,25-30H2,1-7H3,(H,45,51)(H,46,59)(H,47,58)(H,52,53)(H,54,55)/t34-/m1/s1. The molecule has 63 heavy (non-hydrogen) atoms. The third-order valence-corrected chi connectivity index (χ3v) is 8.54. The van der Waals surface area contributed by atoms with Crippen molar-refractivity contribution in [3.63, 3.8) is 0 Å². The molecule has 0 radical (unpaired) electrons. The van der Waals surface area contributed by atoms with Crippen LogP contribution in [0, 0.1) is 0 Å². The van der Waals surface area contributed by atoms with Crippen LogP contribution in [0.15, 0.2) is 48.8 Å². The predicted molar refractivity (Wildman–Crippen MR) is 229 cm³/mol. The number of ether oxygens (including phenoxy) is 3. The number of carbonyl (C=O) groups excluding carboxylic acids is 5. The Kier molecular flexibility index (Phi) is 23.2. The summed E-state index contributed by atoms with van der Waals surface area (Å²) in [5, 5.41) is 24.1. The first-order chi connectivity index (χ1) is 29.6. The van der Waals surface area contributed by atoms with Crippen molar-refractivity contribution in [3.05, 3.63) is 65.5 Å². The molecule has 2 rings (SSSR count). The smallest absolute Gasteiger partial charge is 0.408 e. The molecule has 1 aromatic carbocycles. The highest BCUT2D eigenvalue weighted by atomic mass is 16.7. The van der Waals surface area contributed by atoms with Gasteiger partial charge in [0.15, 0.2) is 0 Å². The Labute approximate surface area is 368 Å². The molecule has 0 unspecified atom stereocenters. The van der Waals surface area contributed by atoms with Crippen molar-refractivity contribution in [2.75, 3.05) is 65.5 Å². The van der Waals surface area contributed by atoms with Crippen molar-refractivity contribution in [2.45, 2.75) is 98.1 Å². The quantitative estimate of drug-likeness (QED) is 0.0466. The van der Waals surface area contributed by atoms with E-state index in [1.165, 1.54) is 4.90 Å². The van der Waals surface area contributed by atoms with Crippen LogP contribution in [0.1, 0.15) is 78.0 Å². The number of esters is 2. The molecule has 0 aliphatic carbocycles. The largest absolute Gasteiger partial charge is 0.480 e. The maximum atomic E-state index is 13.3. The fourth-order valence-electron chi connectivity index (χ4n) is 5.71. The average Bonchev–Trinajstić information content (AvgIpc) is 3.16. The highest BCUT2D eigenvalue weighted by molar-refractivity contribution is 5.85. The van der Waals surface area contributed by atoms with E-state index in [2.05, 4.69) is 21.1 Å². The molecule has 0 spiro atoms. The lowest BCUT2D eigenvalue weighted by Gasteiger charge is -2.29. The number of alkyl carbamates (subject to hydrolysis) is 1. The lowest BCUT2D eigenvalue weighted by Crippen LogP contribution is -2.49. The summed E-state index contributed by atoms with van der Waals surface area (Å²) in [6.45, 7) is 11.8. The first-order valence-electron chi connectivity index (χ1n) is 20.7. The lowest BCUT2D eigenvalue weighted by atomic mass is 10.1. The summed E-state index contributed by atoms with van der Waals surface area (Å²) in [6.07, 6.45) is 3.43. The number of carboxylic acids is 2. The van der Waals surface area contributed by atoms with E-state index in [0.717, 1.165) is 5.56 Å². The van der Waals surface area contributed by atoms with Gasteiger partial charge in [-0.3, -0.25) is 53.3 Å². The number of pyridine rings is 1. The van der Waals surface area contributed by atoms with Crippen LogP contribution in [-0.4, -0.2) is 154 Å². The molecule has 2 aromatic rings. The topological polar surface area (TPSA) is 256 Å².